The van der Waals surface area contributed by atoms with E-state index in [4.69, 9.17) is 9.47 Å². The van der Waals surface area contributed by atoms with E-state index in [1.54, 1.807) is 19.9 Å². The molecule has 1 N–H and O–H groups in total. The number of carbonyl (C=O) groups excluding carboxylic acids is 1. The fraction of sp³-hybridized carbons (Fsp3) is 0.316. The van der Waals surface area contributed by atoms with Crippen LogP contribution in [0.4, 0.5) is 4.39 Å². The van der Waals surface area contributed by atoms with E-state index in [0.717, 1.165) is 0 Å². The molecule has 0 fully saturated rings. The Balaban J connectivity index is 1.89. The van der Waals surface area contributed by atoms with Gasteiger partial charge in [0.05, 0.1) is 23.7 Å². The van der Waals surface area contributed by atoms with Gasteiger partial charge in [0.25, 0.3) is 0 Å². The smallest absolute Gasteiger partial charge is 0.338 e. The van der Waals surface area contributed by atoms with E-state index in [-0.39, 0.29) is 29.4 Å². The van der Waals surface area contributed by atoms with E-state index < -0.39 is 16.0 Å². The highest BCUT2D eigenvalue weighted by atomic mass is 32.2. The standard InChI is InChI=1S/C19H22FNO5S/c1-3-21-27(23,24)17-10-5-14(2)18(13-17)19(22)26-12-4-11-25-16-8-6-15(20)7-9-16/h5-10,13,21H,3-4,11-12H2,1-2H3. The Bertz CT molecular complexity index is 881. The molecule has 2 aromatic rings. The van der Waals surface area contributed by atoms with Crippen LogP contribution in [0.5, 0.6) is 5.75 Å². The molecule has 0 amide bonds. The number of esters is 1. The lowest BCUT2D eigenvalue weighted by Gasteiger charge is -2.10. The number of hydrogen-bond donors (Lipinski definition) is 1. The maximum atomic E-state index is 12.8. The van der Waals surface area contributed by atoms with Crippen molar-refractivity contribution in [1.29, 1.82) is 0 Å². The molecule has 0 atom stereocenters. The maximum absolute atomic E-state index is 12.8. The molecule has 2 rings (SSSR count). The van der Waals surface area contributed by atoms with Gasteiger partial charge in [-0.25, -0.2) is 22.3 Å². The van der Waals surface area contributed by atoms with Gasteiger partial charge >= 0.3 is 5.97 Å². The Morgan fingerprint density at radius 2 is 1.81 bits per heavy atom. The molecular weight excluding hydrogens is 373 g/mol. The Labute approximate surface area is 158 Å². The number of nitrogens with one attached hydrogen (secondary N) is 1. The van der Waals surface area contributed by atoms with Crippen LogP contribution in [0.1, 0.15) is 29.3 Å². The second kappa shape index (κ2) is 9.48. The van der Waals surface area contributed by atoms with Gasteiger partial charge in [0.1, 0.15) is 11.6 Å². The van der Waals surface area contributed by atoms with Crippen molar-refractivity contribution in [2.24, 2.45) is 0 Å². The van der Waals surface area contributed by atoms with Crippen molar-refractivity contribution >= 4 is 16.0 Å². The molecule has 2 aromatic carbocycles. The molecule has 0 spiro atoms. The van der Waals surface area contributed by atoms with Crippen molar-refractivity contribution < 1.29 is 27.1 Å². The third-order valence-electron chi connectivity index (χ3n) is 3.68. The summed E-state index contributed by atoms with van der Waals surface area (Å²) >= 11 is 0. The molecule has 0 saturated carbocycles. The van der Waals surface area contributed by atoms with Crippen molar-refractivity contribution in [2.75, 3.05) is 19.8 Å². The number of carbonyl (C=O) groups is 1. The first kappa shape index (κ1) is 20.9. The van der Waals surface area contributed by atoms with Crippen LogP contribution in [0.3, 0.4) is 0 Å². The number of aryl methyl sites for hydroxylation is 1. The second-order valence-electron chi connectivity index (χ2n) is 5.77. The summed E-state index contributed by atoms with van der Waals surface area (Å²) in [6.45, 7) is 4.05. The zero-order chi connectivity index (χ0) is 19.9. The van der Waals surface area contributed by atoms with Crippen LogP contribution < -0.4 is 9.46 Å². The van der Waals surface area contributed by atoms with Crippen molar-refractivity contribution in [3.8, 4) is 5.75 Å². The fourth-order valence-electron chi connectivity index (χ4n) is 2.28. The maximum Gasteiger partial charge on any atom is 0.338 e. The normalized spacial score (nSPS) is 11.2. The summed E-state index contributed by atoms with van der Waals surface area (Å²) in [6, 6.07) is 9.95. The number of hydrogen-bond acceptors (Lipinski definition) is 5. The van der Waals surface area contributed by atoms with Crippen molar-refractivity contribution in [3.05, 3.63) is 59.4 Å². The van der Waals surface area contributed by atoms with Gasteiger partial charge in [-0.3, -0.25) is 0 Å². The third kappa shape index (κ3) is 6.04. The monoisotopic (exact) mass is 395 g/mol. The summed E-state index contributed by atoms with van der Waals surface area (Å²) in [5, 5.41) is 0. The summed E-state index contributed by atoms with van der Waals surface area (Å²) in [4.78, 5) is 12.3. The van der Waals surface area contributed by atoms with Crippen molar-refractivity contribution in [2.45, 2.75) is 25.2 Å². The van der Waals surface area contributed by atoms with Gasteiger partial charge in [0.15, 0.2) is 0 Å². The molecule has 0 heterocycles. The molecule has 0 radical (unpaired) electrons. The second-order valence-corrected chi connectivity index (χ2v) is 7.54. The number of halogens is 1. The van der Waals surface area contributed by atoms with E-state index in [9.17, 15) is 17.6 Å². The number of sulfonamides is 1. The van der Waals surface area contributed by atoms with E-state index >= 15 is 0 Å². The van der Waals surface area contributed by atoms with E-state index in [0.29, 0.717) is 24.3 Å². The highest BCUT2D eigenvalue weighted by Gasteiger charge is 2.18. The number of ether oxygens (including phenoxy) is 2. The zero-order valence-corrected chi connectivity index (χ0v) is 16.0. The van der Waals surface area contributed by atoms with Crippen LogP contribution in [-0.4, -0.2) is 34.1 Å². The highest BCUT2D eigenvalue weighted by Crippen LogP contribution is 2.17. The van der Waals surface area contributed by atoms with E-state index in [1.807, 2.05) is 0 Å². The summed E-state index contributed by atoms with van der Waals surface area (Å²) in [5.74, 6) is -0.409. The molecule has 6 nitrogen and oxygen atoms in total. The Morgan fingerprint density at radius 3 is 2.48 bits per heavy atom. The summed E-state index contributed by atoms with van der Waals surface area (Å²) in [6.07, 6.45) is 0.442. The average molecular weight is 395 g/mol. The third-order valence-corrected chi connectivity index (χ3v) is 5.22. The first-order valence-electron chi connectivity index (χ1n) is 8.49. The van der Waals surface area contributed by atoms with Crippen LogP contribution in [-0.2, 0) is 14.8 Å². The SMILES string of the molecule is CCNS(=O)(=O)c1ccc(C)c(C(=O)OCCCOc2ccc(F)cc2)c1. The van der Waals surface area contributed by atoms with Crippen LogP contribution in [0, 0.1) is 12.7 Å². The number of benzene rings is 2. The van der Waals surface area contributed by atoms with Crippen LogP contribution in [0.2, 0.25) is 0 Å². The van der Waals surface area contributed by atoms with E-state index in [2.05, 4.69) is 4.72 Å². The van der Waals surface area contributed by atoms with Crippen molar-refractivity contribution in [3.63, 3.8) is 0 Å². The summed E-state index contributed by atoms with van der Waals surface area (Å²) in [5.41, 5.74) is 0.825. The molecule has 146 valence electrons. The van der Waals surface area contributed by atoms with Gasteiger partial charge in [-0.1, -0.05) is 13.0 Å². The van der Waals surface area contributed by atoms with Gasteiger partial charge in [-0.15, -0.1) is 0 Å². The molecular formula is C19H22FNO5S. The first-order valence-corrected chi connectivity index (χ1v) is 9.97. The van der Waals surface area contributed by atoms with Crippen LogP contribution in [0.15, 0.2) is 47.4 Å². The van der Waals surface area contributed by atoms with E-state index in [1.165, 1.54) is 36.4 Å². The average Bonchev–Trinajstić information content (AvgIpc) is 2.63. The highest BCUT2D eigenvalue weighted by molar-refractivity contribution is 7.89. The largest absolute Gasteiger partial charge is 0.493 e. The minimum Gasteiger partial charge on any atom is -0.493 e. The molecule has 27 heavy (non-hydrogen) atoms. The summed E-state index contributed by atoms with van der Waals surface area (Å²) < 4.78 is 49.9. The van der Waals surface area contributed by atoms with Gasteiger partial charge in [0, 0.05) is 13.0 Å². The molecule has 0 bridgehead atoms. The topological polar surface area (TPSA) is 81.7 Å². The van der Waals surface area contributed by atoms with Crippen LogP contribution >= 0.6 is 0 Å². The molecule has 0 aromatic heterocycles. The Hall–Kier alpha value is -2.45. The first-order chi connectivity index (χ1) is 12.8. The molecule has 0 aliphatic heterocycles. The van der Waals surface area contributed by atoms with Gasteiger partial charge < -0.3 is 9.47 Å². The Kier molecular flexibility index (Phi) is 7.32. The molecule has 0 aliphatic carbocycles. The Morgan fingerprint density at radius 1 is 1.11 bits per heavy atom. The predicted octanol–water partition coefficient (Wildman–Crippen LogP) is 3.06. The van der Waals surface area contributed by atoms with Crippen LogP contribution in [0.25, 0.3) is 0 Å². The van der Waals surface area contributed by atoms with Gasteiger partial charge in [-0.2, -0.15) is 0 Å². The zero-order valence-electron chi connectivity index (χ0n) is 15.2. The fourth-order valence-corrected chi connectivity index (χ4v) is 3.35. The van der Waals surface area contributed by atoms with Gasteiger partial charge in [-0.05, 0) is 48.9 Å². The quantitative estimate of drug-likeness (QED) is 0.521. The van der Waals surface area contributed by atoms with Crippen molar-refractivity contribution in [1.82, 2.24) is 4.72 Å². The lowest BCUT2D eigenvalue weighted by Crippen LogP contribution is -2.23. The lowest BCUT2D eigenvalue weighted by atomic mass is 10.1. The molecule has 0 unspecified atom stereocenters. The molecule has 8 heteroatoms. The molecule has 0 aliphatic rings. The summed E-state index contributed by atoms with van der Waals surface area (Å²) in [7, 11) is -3.65. The number of rotatable bonds is 9. The lowest BCUT2D eigenvalue weighted by molar-refractivity contribution is 0.0485. The molecule has 0 saturated heterocycles. The minimum atomic E-state index is -3.65. The van der Waals surface area contributed by atoms with Gasteiger partial charge in [0.2, 0.25) is 10.0 Å². The minimum absolute atomic E-state index is 0.0153. The predicted molar refractivity (Wildman–Crippen MR) is 98.8 cm³/mol.